The van der Waals surface area contributed by atoms with Crippen LogP contribution in [0.5, 0.6) is 11.5 Å². The monoisotopic (exact) mass is 350 g/mol. The van der Waals surface area contributed by atoms with E-state index in [9.17, 15) is 9.18 Å². The van der Waals surface area contributed by atoms with Gasteiger partial charge in [-0.1, -0.05) is 15.9 Å². The van der Waals surface area contributed by atoms with Gasteiger partial charge in [0.05, 0.1) is 0 Å². The molecule has 0 amide bonds. The maximum absolute atomic E-state index is 13.3. The molecule has 0 aromatic heterocycles. The van der Waals surface area contributed by atoms with Crippen LogP contribution in [0.3, 0.4) is 0 Å². The van der Waals surface area contributed by atoms with Crippen LogP contribution in [-0.4, -0.2) is 19.0 Å². The number of halogens is 2. The standard InChI is InChI=1S/C16H12BrFO3/c17-12-5-10(6-13(18)9-12)7-14(19)11-1-2-15-16(8-11)21-4-3-20-15/h1-2,5-6,8-9H,3-4,7H2. The number of carbonyl (C=O) groups excluding carboxylic acids is 1. The predicted molar refractivity (Wildman–Crippen MR) is 79.6 cm³/mol. The first-order valence-electron chi connectivity index (χ1n) is 6.49. The maximum Gasteiger partial charge on any atom is 0.167 e. The van der Waals surface area contributed by atoms with Crippen molar-refractivity contribution in [3.05, 3.63) is 57.8 Å². The van der Waals surface area contributed by atoms with Gasteiger partial charge in [-0.25, -0.2) is 4.39 Å². The van der Waals surface area contributed by atoms with Crippen LogP contribution in [0.15, 0.2) is 40.9 Å². The summed E-state index contributed by atoms with van der Waals surface area (Å²) in [5, 5.41) is 0. The Morgan fingerprint density at radius 2 is 1.86 bits per heavy atom. The molecule has 5 heteroatoms. The zero-order valence-corrected chi connectivity index (χ0v) is 12.7. The fraction of sp³-hybridized carbons (Fsp3) is 0.188. The highest BCUT2D eigenvalue weighted by molar-refractivity contribution is 9.10. The number of hydrogen-bond donors (Lipinski definition) is 0. The lowest BCUT2D eigenvalue weighted by Gasteiger charge is -2.18. The van der Waals surface area contributed by atoms with Crippen molar-refractivity contribution in [1.82, 2.24) is 0 Å². The van der Waals surface area contributed by atoms with E-state index in [0.717, 1.165) is 0 Å². The molecule has 1 aliphatic rings. The van der Waals surface area contributed by atoms with E-state index in [1.165, 1.54) is 12.1 Å². The van der Waals surface area contributed by atoms with Gasteiger partial charge in [0.15, 0.2) is 17.3 Å². The minimum Gasteiger partial charge on any atom is -0.486 e. The number of fused-ring (bicyclic) bond motifs is 1. The molecule has 0 fully saturated rings. The van der Waals surface area contributed by atoms with Crippen molar-refractivity contribution in [3.8, 4) is 11.5 Å². The summed E-state index contributed by atoms with van der Waals surface area (Å²) in [6.45, 7) is 0.985. The number of Topliss-reactive ketones (excluding diaryl/α,β-unsaturated/α-hetero) is 1. The molecule has 2 aromatic rings. The van der Waals surface area contributed by atoms with Crippen LogP contribution < -0.4 is 9.47 Å². The zero-order valence-electron chi connectivity index (χ0n) is 11.1. The Kier molecular flexibility index (Phi) is 3.92. The summed E-state index contributed by atoms with van der Waals surface area (Å²) in [5.41, 5.74) is 1.15. The van der Waals surface area contributed by atoms with Gasteiger partial charge in [-0.15, -0.1) is 0 Å². The Labute approximate surface area is 129 Å². The average Bonchev–Trinajstić information content (AvgIpc) is 2.45. The Morgan fingerprint density at radius 3 is 2.62 bits per heavy atom. The normalized spacial score (nSPS) is 13.0. The summed E-state index contributed by atoms with van der Waals surface area (Å²) in [6, 6.07) is 9.55. The van der Waals surface area contributed by atoms with E-state index < -0.39 is 0 Å². The molecule has 108 valence electrons. The van der Waals surface area contributed by atoms with Crippen molar-refractivity contribution in [2.24, 2.45) is 0 Å². The van der Waals surface area contributed by atoms with E-state index in [0.29, 0.717) is 40.3 Å². The molecule has 0 aliphatic carbocycles. The molecular formula is C16H12BrFO3. The van der Waals surface area contributed by atoms with Crippen LogP contribution in [0.4, 0.5) is 4.39 Å². The van der Waals surface area contributed by atoms with Crippen LogP contribution in [0.2, 0.25) is 0 Å². The molecule has 0 unspecified atom stereocenters. The van der Waals surface area contributed by atoms with Crippen LogP contribution in [0.1, 0.15) is 15.9 Å². The predicted octanol–water partition coefficient (Wildman–Crippen LogP) is 3.78. The topological polar surface area (TPSA) is 35.5 Å². The molecule has 0 radical (unpaired) electrons. The second-order valence-electron chi connectivity index (χ2n) is 4.74. The third kappa shape index (κ3) is 3.24. The summed E-state index contributed by atoms with van der Waals surface area (Å²) in [4.78, 5) is 12.3. The van der Waals surface area contributed by atoms with Gasteiger partial charge < -0.3 is 9.47 Å². The fourth-order valence-electron chi connectivity index (χ4n) is 2.22. The zero-order chi connectivity index (χ0) is 14.8. The summed E-state index contributed by atoms with van der Waals surface area (Å²) in [5.74, 6) is 0.762. The second kappa shape index (κ2) is 5.85. The Hall–Kier alpha value is -1.88. The van der Waals surface area contributed by atoms with Gasteiger partial charge in [-0.3, -0.25) is 4.79 Å². The first-order chi connectivity index (χ1) is 10.1. The van der Waals surface area contributed by atoms with Gasteiger partial charge in [0, 0.05) is 16.5 Å². The van der Waals surface area contributed by atoms with Crippen molar-refractivity contribution >= 4 is 21.7 Å². The van der Waals surface area contributed by atoms with Gasteiger partial charge in [0.25, 0.3) is 0 Å². The van der Waals surface area contributed by atoms with Crippen LogP contribution in [0, 0.1) is 5.82 Å². The largest absolute Gasteiger partial charge is 0.486 e. The van der Waals surface area contributed by atoms with Crippen molar-refractivity contribution < 1.29 is 18.7 Å². The number of hydrogen-bond acceptors (Lipinski definition) is 3. The van der Waals surface area contributed by atoms with Crippen LogP contribution in [0.25, 0.3) is 0 Å². The number of benzene rings is 2. The van der Waals surface area contributed by atoms with E-state index in [-0.39, 0.29) is 18.0 Å². The molecule has 0 saturated carbocycles. The van der Waals surface area contributed by atoms with E-state index in [2.05, 4.69) is 15.9 Å². The molecule has 0 spiro atoms. The minimum absolute atomic E-state index is 0.0931. The molecule has 0 atom stereocenters. The highest BCUT2D eigenvalue weighted by Gasteiger charge is 2.15. The molecule has 21 heavy (non-hydrogen) atoms. The molecule has 2 aromatic carbocycles. The Morgan fingerprint density at radius 1 is 1.10 bits per heavy atom. The third-order valence-corrected chi connectivity index (χ3v) is 3.61. The highest BCUT2D eigenvalue weighted by Crippen LogP contribution is 2.31. The molecular weight excluding hydrogens is 339 g/mol. The van der Waals surface area contributed by atoms with Gasteiger partial charge in [-0.05, 0) is 42.0 Å². The van der Waals surface area contributed by atoms with E-state index in [1.54, 1.807) is 24.3 Å². The minimum atomic E-state index is -0.366. The van der Waals surface area contributed by atoms with Gasteiger partial charge in [0.2, 0.25) is 0 Å². The lowest BCUT2D eigenvalue weighted by atomic mass is 10.0. The molecule has 1 heterocycles. The fourth-order valence-corrected chi connectivity index (χ4v) is 2.73. The maximum atomic E-state index is 13.3. The Balaban J connectivity index is 1.82. The average molecular weight is 351 g/mol. The number of rotatable bonds is 3. The third-order valence-electron chi connectivity index (χ3n) is 3.15. The van der Waals surface area contributed by atoms with Crippen LogP contribution >= 0.6 is 15.9 Å². The number of ether oxygens (including phenoxy) is 2. The first-order valence-corrected chi connectivity index (χ1v) is 7.29. The van der Waals surface area contributed by atoms with Crippen molar-refractivity contribution in [3.63, 3.8) is 0 Å². The molecule has 0 bridgehead atoms. The van der Waals surface area contributed by atoms with Gasteiger partial charge in [0.1, 0.15) is 19.0 Å². The van der Waals surface area contributed by atoms with E-state index >= 15 is 0 Å². The number of carbonyl (C=O) groups is 1. The van der Waals surface area contributed by atoms with Crippen molar-refractivity contribution in [2.75, 3.05) is 13.2 Å². The summed E-state index contributed by atoms with van der Waals surface area (Å²) < 4.78 is 24.8. The summed E-state index contributed by atoms with van der Waals surface area (Å²) in [7, 11) is 0. The van der Waals surface area contributed by atoms with Crippen LogP contribution in [-0.2, 0) is 6.42 Å². The lowest BCUT2D eigenvalue weighted by Crippen LogP contribution is -2.16. The van der Waals surface area contributed by atoms with Crippen molar-refractivity contribution in [2.45, 2.75) is 6.42 Å². The van der Waals surface area contributed by atoms with Gasteiger partial charge in [-0.2, -0.15) is 0 Å². The molecule has 3 rings (SSSR count). The van der Waals surface area contributed by atoms with Gasteiger partial charge >= 0.3 is 0 Å². The first kappa shape index (κ1) is 14.1. The van der Waals surface area contributed by atoms with E-state index in [1.807, 2.05) is 0 Å². The quantitative estimate of drug-likeness (QED) is 0.790. The van der Waals surface area contributed by atoms with Crippen molar-refractivity contribution in [1.29, 1.82) is 0 Å². The SMILES string of the molecule is O=C(Cc1cc(F)cc(Br)c1)c1ccc2c(c1)OCCO2. The smallest absolute Gasteiger partial charge is 0.167 e. The summed E-state index contributed by atoms with van der Waals surface area (Å²) >= 11 is 3.22. The Bertz CT molecular complexity index is 680. The number of ketones is 1. The second-order valence-corrected chi connectivity index (χ2v) is 5.65. The molecule has 3 nitrogen and oxygen atoms in total. The lowest BCUT2D eigenvalue weighted by molar-refractivity contribution is 0.0991. The molecule has 0 N–H and O–H groups in total. The van der Waals surface area contributed by atoms with E-state index in [4.69, 9.17) is 9.47 Å². The molecule has 0 saturated heterocycles. The molecule has 1 aliphatic heterocycles. The summed E-state index contributed by atoms with van der Waals surface area (Å²) in [6.07, 6.45) is 0.135. The highest BCUT2D eigenvalue weighted by atomic mass is 79.9.